The number of aromatic nitrogens is 1. The summed E-state index contributed by atoms with van der Waals surface area (Å²) in [6.07, 6.45) is 1.21. The summed E-state index contributed by atoms with van der Waals surface area (Å²) in [5.41, 5.74) is 2.59. The number of hydrogen-bond donors (Lipinski definition) is 0. The minimum atomic E-state index is -0.298. The van der Waals surface area contributed by atoms with Gasteiger partial charge in [0.05, 0.1) is 12.1 Å². The number of piperidine rings is 1. The number of rotatable bonds is 4. The largest absolute Gasteiger partial charge is 0.334 e. The molecule has 0 N–H and O–H groups in total. The number of benzene rings is 1. The maximum absolute atomic E-state index is 13.8. The molecule has 3 fully saturated rings. The first kappa shape index (κ1) is 16.2. The fraction of sp³-hybridized carbons (Fsp3) is 0.400. The van der Waals surface area contributed by atoms with E-state index in [-0.39, 0.29) is 30.2 Å². The Morgan fingerprint density at radius 1 is 1.16 bits per heavy atom. The minimum Gasteiger partial charge on any atom is -0.334 e. The van der Waals surface area contributed by atoms with Gasteiger partial charge in [0.15, 0.2) is 0 Å². The van der Waals surface area contributed by atoms with E-state index in [1.165, 1.54) is 6.07 Å². The van der Waals surface area contributed by atoms with E-state index in [9.17, 15) is 9.18 Å². The second kappa shape index (κ2) is 6.56. The number of carbonyl (C=O) groups is 1. The van der Waals surface area contributed by atoms with Gasteiger partial charge in [0, 0.05) is 37.4 Å². The van der Waals surface area contributed by atoms with Crippen molar-refractivity contribution in [2.24, 2.45) is 0 Å². The fourth-order valence-electron chi connectivity index (χ4n) is 4.05. The van der Waals surface area contributed by atoms with Gasteiger partial charge in [-0.05, 0) is 37.1 Å². The lowest BCUT2D eigenvalue weighted by molar-refractivity contribution is -0.153. The van der Waals surface area contributed by atoms with Crippen LogP contribution in [-0.4, -0.2) is 45.9 Å². The highest BCUT2D eigenvalue weighted by molar-refractivity contribution is 5.80. The smallest absolute Gasteiger partial charge is 0.227 e. The van der Waals surface area contributed by atoms with Crippen LogP contribution in [0, 0.1) is 12.7 Å². The van der Waals surface area contributed by atoms with E-state index >= 15 is 0 Å². The molecule has 4 nitrogen and oxygen atoms in total. The molecule has 3 aliphatic rings. The number of carbonyl (C=O) groups excluding carboxylic acids is 1. The van der Waals surface area contributed by atoms with Crippen molar-refractivity contribution in [2.75, 3.05) is 13.1 Å². The third kappa shape index (κ3) is 3.29. The third-order valence-corrected chi connectivity index (χ3v) is 5.19. The molecule has 3 saturated heterocycles. The molecule has 0 aliphatic carbocycles. The van der Waals surface area contributed by atoms with Crippen molar-refractivity contribution in [3.63, 3.8) is 0 Å². The molecular weight excluding hydrogens is 317 g/mol. The molecule has 5 heteroatoms. The first-order valence-electron chi connectivity index (χ1n) is 8.79. The molecule has 2 atom stereocenters. The van der Waals surface area contributed by atoms with E-state index in [0.29, 0.717) is 5.56 Å². The van der Waals surface area contributed by atoms with Crippen LogP contribution in [-0.2, 0) is 17.8 Å². The summed E-state index contributed by atoms with van der Waals surface area (Å²) in [5.74, 6) is -0.256. The molecule has 1 aromatic heterocycles. The van der Waals surface area contributed by atoms with Gasteiger partial charge >= 0.3 is 0 Å². The van der Waals surface area contributed by atoms with Gasteiger partial charge in [-0.3, -0.25) is 14.7 Å². The number of hydrogen-bond acceptors (Lipinski definition) is 3. The van der Waals surface area contributed by atoms with Crippen LogP contribution < -0.4 is 0 Å². The number of pyridine rings is 1. The zero-order chi connectivity index (χ0) is 17.4. The highest BCUT2D eigenvalue weighted by atomic mass is 19.1. The summed E-state index contributed by atoms with van der Waals surface area (Å²) >= 11 is 0. The zero-order valence-corrected chi connectivity index (χ0v) is 14.4. The molecule has 0 saturated carbocycles. The number of piperazine rings is 1. The topological polar surface area (TPSA) is 36.4 Å². The Bertz CT molecular complexity index is 782. The maximum atomic E-state index is 13.8. The molecule has 2 aromatic rings. The first-order chi connectivity index (χ1) is 12.1. The monoisotopic (exact) mass is 339 g/mol. The summed E-state index contributed by atoms with van der Waals surface area (Å²) in [6.45, 7) is 4.56. The Morgan fingerprint density at radius 2 is 1.92 bits per heavy atom. The Labute approximate surface area is 147 Å². The second-order valence-corrected chi connectivity index (χ2v) is 7.08. The molecular formula is C20H22FN3O. The van der Waals surface area contributed by atoms with Crippen molar-refractivity contribution in [1.29, 1.82) is 0 Å². The summed E-state index contributed by atoms with van der Waals surface area (Å²) in [4.78, 5) is 21.5. The van der Waals surface area contributed by atoms with E-state index < -0.39 is 0 Å². The summed E-state index contributed by atoms with van der Waals surface area (Å²) in [5, 5.41) is 0. The fourth-order valence-corrected chi connectivity index (χ4v) is 4.05. The van der Waals surface area contributed by atoms with Gasteiger partial charge in [-0.1, -0.05) is 24.3 Å². The lowest BCUT2D eigenvalue weighted by atomic mass is 9.86. The zero-order valence-electron chi connectivity index (χ0n) is 14.4. The maximum Gasteiger partial charge on any atom is 0.227 e. The van der Waals surface area contributed by atoms with Crippen molar-refractivity contribution in [3.8, 4) is 0 Å². The van der Waals surface area contributed by atoms with E-state index in [0.717, 1.165) is 37.4 Å². The molecule has 5 rings (SSSR count). The normalized spacial score (nSPS) is 22.6. The number of fused-ring (bicyclic) bond motifs is 2. The van der Waals surface area contributed by atoms with Crippen LogP contribution in [0.2, 0.25) is 0 Å². The van der Waals surface area contributed by atoms with Gasteiger partial charge in [0.25, 0.3) is 0 Å². The van der Waals surface area contributed by atoms with Crippen molar-refractivity contribution in [3.05, 3.63) is 65.2 Å². The lowest BCUT2D eigenvalue weighted by Gasteiger charge is -2.56. The SMILES string of the molecule is Cc1cccc(CN2CC3CC(C2)N3C(=O)Cc2ccccc2F)n1. The quantitative estimate of drug-likeness (QED) is 0.859. The van der Waals surface area contributed by atoms with E-state index in [1.807, 2.05) is 30.0 Å². The van der Waals surface area contributed by atoms with Gasteiger partial charge in [-0.2, -0.15) is 0 Å². The molecule has 2 bridgehead atoms. The number of halogens is 1. The van der Waals surface area contributed by atoms with Crippen LogP contribution in [0.5, 0.6) is 0 Å². The van der Waals surface area contributed by atoms with E-state index in [4.69, 9.17) is 0 Å². The van der Waals surface area contributed by atoms with Crippen molar-refractivity contribution in [1.82, 2.24) is 14.8 Å². The van der Waals surface area contributed by atoms with Crippen LogP contribution in [0.15, 0.2) is 42.5 Å². The average molecular weight is 339 g/mol. The van der Waals surface area contributed by atoms with Crippen LogP contribution in [0.1, 0.15) is 23.4 Å². The molecule has 0 radical (unpaired) electrons. The highest BCUT2D eigenvalue weighted by Crippen LogP contribution is 2.33. The van der Waals surface area contributed by atoms with E-state index in [1.54, 1.807) is 18.2 Å². The number of nitrogens with zero attached hydrogens (tertiary/aromatic N) is 3. The Hall–Kier alpha value is -2.27. The summed E-state index contributed by atoms with van der Waals surface area (Å²) in [6, 6.07) is 13.1. The summed E-state index contributed by atoms with van der Waals surface area (Å²) in [7, 11) is 0. The third-order valence-electron chi connectivity index (χ3n) is 5.19. The van der Waals surface area contributed by atoms with Crippen molar-refractivity contribution >= 4 is 5.91 Å². The Kier molecular flexibility index (Phi) is 4.25. The average Bonchev–Trinajstić information content (AvgIpc) is 2.57. The molecule has 0 spiro atoms. The van der Waals surface area contributed by atoms with Crippen LogP contribution in [0.25, 0.3) is 0 Å². The van der Waals surface area contributed by atoms with Gasteiger partial charge in [-0.15, -0.1) is 0 Å². The Balaban J connectivity index is 1.37. The lowest BCUT2D eigenvalue weighted by Crippen LogP contribution is -2.70. The molecule has 1 aromatic carbocycles. The van der Waals surface area contributed by atoms with Crippen LogP contribution >= 0.6 is 0 Å². The Morgan fingerprint density at radius 3 is 2.64 bits per heavy atom. The second-order valence-electron chi connectivity index (χ2n) is 7.08. The molecule has 1 amide bonds. The molecule has 3 aliphatic heterocycles. The molecule has 130 valence electrons. The predicted octanol–water partition coefficient (Wildman–Crippen LogP) is 2.56. The predicted molar refractivity (Wildman–Crippen MR) is 93.4 cm³/mol. The van der Waals surface area contributed by atoms with Crippen LogP contribution in [0.4, 0.5) is 4.39 Å². The summed E-state index contributed by atoms with van der Waals surface area (Å²) < 4.78 is 13.8. The van der Waals surface area contributed by atoms with E-state index in [2.05, 4.69) is 9.88 Å². The molecule has 2 unspecified atom stereocenters. The standard InChI is InChI=1S/C20H22FN3O/c1-14-5-4-7-16(22-14)11-23-12-17-10-18(13-23)24(17)20(25)9-15-6-2-3-8-19(15)21/h2-8,17-18H,9-13H2,1H3. The first-order valence-corrected chi connectivity index (χ1v) is 8.79. The molecule has 25 heavy (non-hydrogen) atoms. The van der Waals surface area contributed by atoms with Crippen molar-refractivity contribution in [2.45, 2.75) is 38.4 Å². The van der Waals surface area contributed by atoms with Gasteiger partial charge in [-0.25, -0.2) is 4.39 Å². The number of aryl methyl sites for hydroxylation is 1. The van der Waals surface area contributed by atoms with Gasteiger partial charge in [0.2, 0.25) is 5.91 Å². The van der Waals surface area contributed by atoms with Gasteiger partial charge in [0.1, 0.15) is 5.82 Å². The van der Waals surface area contributed by atoms with Gasteiger partial charge < -0.3 is 4.90 Å². The highest BCUT2D eigenvalue weighted by Gasteiger charge is 2.46. The van der Waals surface area contributed by atoms with Crippen LogP contribution in [0.3, 0.4) is 0 Å². The number of amides is 1. The molecule has 4 heterocycles. The van der Waals surface area contributed by atoms with Crippen molar-refractivity contribution < 1.29 is 9.18 Å². The minimum absolute atomic E-state index is 0.0414.